The van der Waals surface area contributed by atoms with E-state index in [1.807, 2.05) is 0 Å². The maximum atomic E-state index is 12.1. The quantitative estimate of drug-likeness (QED) is 0.616. The van der Waals surface area contributed by atoms with Crippen molar-refractivity contribution in [1.29, 1.82) is 0 Å². The van der Waals surface area contributed by atoms with Gasteiger partial charge in [-0.25, -0.2) is 4.79 Å². The van der Waals surface area contributed by atoms with Crippen molar-refractivity contribution in [3.8, 4) is 0 Å². The van der Waals surface area contributed by atoms with Gasteiger partial charge in [0.1, 0.15) is 9.88 Å². The van der Waals surface area contributed by atoms with Crippen LogP contribution in [0.3, 0.4) is 0 Å². The molecule has 25 heavy (non-hydrogen) atoms. The fourth-order valence-electron chi connectivity index (χ4n) is 2.11. The first-order valence-electron chi connectivity index (χ1n) is 7.10. The summed E-state index contributed by atoms with van der Waals surface area (Å²) < 4.78 is 4.67. The Morgan fingerprint density at radius 3 is 2.56 bits per heavy atom. The molecular weight excluding hydrogens is 364 g/mol. The van der Waals surface area contributed by atoms with Gasteiger partial charge in [0.05, 0.1) is 12.7 Å². The fraction of sp³-hybridized carbons (Fsp3) is 0.118. The third-order valence-corrected chi connectivity index (χ3v) is 4.85. The van der Waals surface area contributed by atoms with Crippen molar-refractivity contribution >= 4 is 51.8 Å². The van der Waals surface area contributed by atoms with Gasteiger partial charge in [-0.1, -0.05) is 29.8 Å². The minimum atomic E-state index is -0.741. The molecule has 0 atom stereocenters. The molecule has 0 bridgehead atoms. The van der Waals surface area contributed by atoms with Crippen LogP contribution in [0, 0.1) is 6.92 Å². The van der Waals surface area contributed by atoms with E-state index >= 15 is 0 Å². The van der Waals surface area contributed by atoms with Crippen molar-refractivity contribution in [2.24, 2.45) is 5.73 Å². The summed E-state index contributed by atoms with van der Waals surface area (Å²) in [4.78, 5) is 35.8. The highest BCUT2D eigenvalue weighted by Gasteiger charge is 2.24. The summed E-state index contributed by atoms with van der Waals surface area (Å²) in [6.07, 6.45) is 2.82. The zero-order chi connectivity index (χ0) is 18.6. The molecule has 2 aromatic rings. The molecule has 0 saturated carbocycles. The number of esters is 1. The molecule has 0 saturated heterocycles. The van der Waals surface area contributed by atoms with E-state index < -0.39 is 17.8 Å². The van der Waals surface area contributed by atoms with Gasteiger partial charge in [-0.2, -0.15) is 0 Å². The maximum Gasteiger partial charge on any atom is 0.348 e. The molecule has 8 heteroatoms. The molecule has 1 heterocycles. The number of nitrogens with one attached hydrogen (secondary N) is 1. The number of thiophene rings is 1. The second kappa shape index (κ2) is 7.96. The van der Waals surface area contributed by atoms with E-state index in [9.17, 15) is 14.4 Å². The van der Waals surface area contributed by atoms with E-state index in [4.69, 9.17) is 17.3 Å². The first-order chi connectivity index (χ1) is 11.8. The van der Waals surface area contributed by atoms with Crippen molar-refractivity contribution in [2.75, 3.05) is 12.4 Å². The van der Waals surface area contributed by atoms with Crippen LogP contribution >= 0.6 is 22.9 Å². The monoisotopic (exact) mass is 378 g/mol. The standard InChI is InChI=1S/C17H15ClN2O4S/c1-9-13(15(19)22)16(25-14(9)17(23)24-2)20-12(21)8-7-10-5-3-4-6-11(10)18/h3-8H,1-2H3,(H2,19,22)(H,20,21)/b8-7+. The van der Waals surface area contributed by atoms with E-state index in [0.29, 0.717) is 16.1 Å². The number of hydrogen-bond donors (Lipinski definition) is 2. The zero-order valence-electron chi connectivity index (χ0n) is 13.5. The number of benzene rings is 1. The largest absolute Gasteiger partial charge is 0.465 e. The van der Waals surface area contributed by atoms with Crippen LogP contribution in [0.2, 0.25) is 5.02 Å². The van der Waals surface area contributed by atoms with Crippen molar-refractivity contribution in [3.63, 3.8) is 0 Å². The van der Waals surface area contributed by atoms with Crippen LogP contribution in [0.1, 0.15) is 31.2 Å². The Morgan fingerprint density at radius 2 is 1.96 bits per heavy atom. The fourth-order valence-corrected chi connectivity index (χ4v) is 3.45. The highest BCUT2D eigenvalue weighted by Crippen LogP contribution is 2.33. The smallest absolute Gasteiger partial charge is 0.348 e. The average molecular weight is 379 g/mol. The van der Waals surface area contributed by atoms with Crippen molar-refractivity contribution in [2.45, 2.75) is 6.92 Å². The summed E-state index contributed by atoms with van der Waals surface area (Å²) in [6, 6.07) is 7.03. The number of ether oxygens (including phenoxy) is 1. The summed E-state index contributed by atoms with van der Waals surface area (Å²) in [7, 11) is 1.23. The molecule has 1 aromatic heterocycles. The molecule has 3 N–H and O–H groups in total. The second-order valence-corrected chi connectivity index (χ2v) is 6.39. The molecule has 2 rings (SSSR count). The van der Waals surface area contributed by atoms with Crippen LogP contribution in [0.4, 0.5) is 5.00 Å². The van der Waals surface area contributed by atoms with E-state index in [2.05, 4.69) is 10.1 Å². The molecule has 6 nitrogen and oxygen atoms in total. The minimum Gasteiger partial charge on any atom is -0.465 e. The topological polar surface area (TPSA) is 98.5 Å². The van der Waals surface area contributed by atoms with Gasteiger partial charge in [-0.05, 0) is 30.2 Å². The summed E-state index contributed by atoms with van der Waals surface area (Å²) in [6.45, 7) is 1.57. The highest BCUT2D eigenvalue weighted by molar-refractivity contribution is 7.18. The number of amides is 2. The summed E-state index contributed by atoms with van der Waals surface area (Å²) in [5.74, 6) is -1.83. The van der Waals surface area contributed by atoms with Crippen LogP contribution in [-0.4, -0.2) is 24.9 Å². The Balaban J connectivity index is 2.27. The Labute approximate surface area is 153 Å². The number of anilines is 1. The number of carbonyl (C=O) groups is 3. The van der Waals surface area contributed by atoms with E-state index in [1.54, 1.807) is 37.3 Å². The molecular formula is C17H15ClN2O4S. The van der Waals surface area contributed by atoms with Crippen LogP contribution in [0.25, 0.3) is 6.08 Å². The SMILES string of the molecule is COC(=O)c1sc(NC(=O)/C=C/c2ccccc2Cl)c(C(N)=O)c1C. The molecule has 0 radical (unpaired) electrons. The Bertz CT molecular complexity index is 874. The molecule has 0 aliphatic carbocycles. The van der Waals surface area contributed by atoms with Gasteiger partial charge in [0, 0.05) is 11.1 Å². The third kappa shape index (κ3) is 4.26. The summed E-state index contributed by atoms with van der Waals surface area (Å²) in [5.41, 5.74) is 6.49. The number of halogens is 1. The van der Waals surface area contributed by atoms with Crippen LogP contribution in [0.5, 0.6) is 0 Å². The molecule has 0 fully saturated rings. The normalized spacial score (nSPS) is 10.7. The Morgan fingerprint density at radius 1 is 1.28 bits per heavy atom. The Kier molecular flexibility index (Phi) is 5.95. The van der Waals surface area contributed by atoms with E-state index in [-0.39, 0.29) is 15.4 Å². The third-order valence-electron chi connectivity index (χ3n) is 3.32. The number of hydrogen-bond acceptors (Lipinski definition) is 5. The van der Waals surface area contributed by atoms with Crippen LogP contribution < -0.4 is 11.1 Å². The van der Waals surface area contributed by atoms with Crippen LogP contribution in [-0.2, 0) is 9.53 Å². The highest BCUT2D eigenvalue weighted by atomic mass is 35.5. The second-order valence-electron chi connectivity index (χ2n) is 4.96. The number of rotatable bonds is 5. The molecule has 0 spiro atoms. The molecule has 0 unspecified atom stereocenters. The lowest BCUT2D eigenvalue weighted by Gasteiger charge is -2.02. The first-order valence-corrected chi connectivity index (χ1v) is 8.29. The van der Waals surface area contributed by atoms with E-state index in [0.717, 1.165) is 11.3 Å². The summed E-state index contributed by atoms with van der Waals surface area (Å²) in [5, 5.41) is 3.26. The lowest BCUT2D eigenvalue weighted by Crippen LogP contribution is -2.16. The van der Waals surface area contributed by atoms with Gasteiger partial charge < -0.3 is 15.8 Å². The van der Waals surface area contributed by atoms with Crippen molar-refractivity contribution in [3.05, 3.63) is 56.9 Å². The van der Waals surface area contributed by atoms with Crippen molar-refractivity contribution < 1.29 is 19.1 Å². The minimum absolute atomic E-state index is 0.0879. The van der Waals surface area contributed by atoms with Crippen molar-refractivity contribution in [1.82, 2.24) is 0 Å². The van der Waals surface area contributed by atoms with Crippen LogP contribution in [0.15, 0.2) is 30.3 Å². The number of primary amides is 1. The van der Waals surface area contributed by atoms with E-state index in [1.165, 1.54) is 13.2 Å². The average Bonchev–Trinajstić information content (AvgIpc) is 2.89. The molecule has 2 amide bonds. The predicted molar refractivity (Wildman–Crippen MR) is 98.0 cm³/mol. The maximum absolute atomic E-state index is 12.1. The molecule has 0 aliphatic rings. The summed E-state index contributed by atoms with van der Waals surface area (Å²) >= 11 is 6.95. The molecule has 1 aromatic carbocycles. The van der Waals surface area contributed by atoms with Gasteiger partial charge in [0.2, 0.25) is 5.91 Å². The number of methoxy groups -OCH3 is 1. The Hall–Kier alpha value is -2.64. The predicted octanol–water partition coefficient (Wildman–Crippen LogP) is 3.25. The van der Waals surface area contributed by atoms with Gasteiger partial charge in [0.25, 0.3) is 5.91 Å². The molecule has 130 valence electrons. The zero-order valence-corrected chi connectivity index (χ0v) is 15.0. The van der Waals surface area contributed by atoms with Gasteiger partial charge in [-0.3, -0.25) is 9.59 Å². The number of nitrogens with two attached hydrogens (primary N) is 1. The molecule has 0 aliphatic heterocycles. The number of carbonyl (C=O) groups excluding carboxylic acids is 3. The lowest BCUT2D eigenvalue weighted by atomic mass is 10.1. The van der Waals surface area contributed by atoms with Gasteiger partial charge >= 0.3 is 5.97 Å². The first kappa shape index (κ1) is 18.7. The van der Waals surface area contributed by atoms with Gasteiger partial charge in [0.15, 0.2) is 0 Å². The lowest BCUT2D eigenvalue weighted by molar-refractivity contribution is -0.111. The van der Waals surface area contributed by atoms with Gasteiger partial charge in [-0.15, -0.1) is 11.3 Å².